The van der Waals surface area contributed by atoms with Gasteiger partial charge in [0, 0.05) is 12.8 Å². The van der Waals surface area contributed by atoms with Crippen LogP contribution in [-0.4, -0.2) is 56.9 Å². The number of unbranched alkanes of at least 4 members (excludes halogenated alkanes) is 3. The molecule has 1 heterocycles. The Morgan fingerprint density at radius 3 is 2.69 bits per heavy atom. The van der Waals surface area contributed by atoms with Gasteiger partial charge in [-0.25, -0.2) is 0 Å². The van der Waals surface area contributed by atoms with Crippen LogP contribution in [0.2, 0.25) is 0 Å². The number of aliphatic carboxylic acids is 1. The monoisotopic (exact) mass is 370 g/mol. The van der Waals surface area contributed by atoms with E-state index < -0.39 is 36.5 Å². The quantitative estimate of drug-likeness (QED) is 0.293. The molecule has 0 bridgehead atoms. The van der Waals surface area contributed by atoms with Crippen molar-refractivity contribution < 1.29 is 30.0 Å². The molecule has 6 nitrogen and oxygen atoms in total. The average Bonchev–Trinajstić information content (AvgIpc) is 2.96. The standard InChI is InChI=1S/C20H34O6/c1-2-3-4-5-6-7-10-16(22)19-14-17(23)18(26-19)13-12-15(21)9-8-11-20(24)25/h6-7,12-13,15-19,21-23H,2-5,8-11,14H2,1H3,(H,24,25)/b7-6-,13-12+/t15-,16+,17-,18-,19-/m1/s1. The van der Waals surface area contributed by atoms with Gasteiger partial charge in [-0.15, -0.1) is 0 Å². The fraction of sp³-hybridized carbons (Fsp3) is 0.750. The number of carbonyl (C=O) groups is 1. The van der Waals surface area contributed by atoms with E-state index in [0.717, 1.165) is 12.8 Å². The van der Waals surface area contributed by atoms with Crippen molar-refractivity contribution in [2.24, 2.45) is 0 Å². The lowest BCUT2D eigenvalue weighted by atomic mass is 10.0. The predicted molar refractivity (Wildman–Crippen MR) is 99.8 cm³/mol. The van der Waals surface area contributed by atoms with E-state index in [9.17, 15) is 20.1 Å². The van der Waals surface area contributed by atoms with Crippen molar-refractivity contribution in [3.05, 3.63) is 24.3 Å². The number of carboxylic acid groups (broad SMARTS) is 1. The molecule has 0 aromatic heterocycles. The van der Waals surface area contributed by atoms with E-state index in [1.807, 2.05) is 6.08 Å². The molecule has 6 heteroatoms. The molecule has 0 saturated carbocycles. The van der Waals surface area contributed by atoms with Crippen molar-refractivity contribution in [2.75, 3.05) is 0 Å². The minimum atomic E-state index is -0.882. The van der Waals surface area contributed by atoms with Crippen LogP contribution in [0.1, 0.15) is 64.7 Å². The fourth-order valence-corrected chi connectivity index (χ4v) is 2.96. The highest BCUT2D eigenvalue weighted by atomic mass is 16.5. The van der Waals surface area contributed by atoms with Crippen molar-refractivity contribution >= 4 is 5.97 Å². The number of hydrogen-bond acceptors (Lipinski definition) is 5. The van der Waals surface area contributed by atoms with E-state index in [1.54, 1.807) is 6.08 Å². The van der Waals surface area contributed by atoms with Gasteiger partial charge >= 0.3 is 5.97 Å². The highest BCUT2D eigenvalue weighted by molar-refractivity contribution is 5.66. The minimum Gasteiger partial charge on any atom is -0.481 e. The summed E-state index contributed by atoms with van der Waals surface area (Å²) < 4.78 is 5.70. The van der Waals surface area contributed by atoms with E-state index >= 15 is 0 Å². The molecule has 1 aliphatic rings. The Hall–Kier alpha value is -1.21. The number of rotatable bonds is 13. The fourth-order valence-electron chi connectivity index (χ4n) is 2.96. The lowest BCUT2D eigenvalue weighted by Crippen LogP contribution is -2.25. The van der Waals surface area contributed by atoms with Crippen LogP contribution in [0.15, 0.2) is 24.3 Å². The van der Waals surface area contributed by atoms with Gasteiger partial charge in [0.25, 0.3) is 0 Å². The molecule has 0 unspecified atom stereocenters. The van der Waals surface area contributed by atoms with Crippen molar-refractivity contribution in [1.82, 2.24) is 0 Å². The van der Waals surface area contributed by atoms with Gasteiger partial charge < -0.3 is 25.2 Å². The third-order valence-electron chi connectivity index (χ3n) is 4.55. The normalized spacial score (nSPS) is 25.9. The van der Waals surface area contributed by atoms with Crippen LogP contribution < -0.4 is 0 Å². The lowest BCUT2D eigenvalue weighted by molar-refractivity contribution is -0.137. The van der Waals surface area contributed by atoms with Gasteiger partial charge in [0.2, 0.25) is 0 Å². The maximum atomic E-state index is 10.5. The van der Waals surface area contributed by atoms with Gasteiger partial charge in [-0.05, 0) is 32.1 Å². The number of allylic oxidation sites excluding steroid dienone is 1. The molecule has 0 aromatic carbocycles. The average molecular weight is 370 g/mol. The van der Waals surface area contributed by atoms with Crippen molar-refractivity contribution in [1.29, 1.82) is 0 Å². The summed E-state index contributed by atoms with van der Waals surface area (Å²) in [5.74, 6) is -0.882. The van der Waals surface area contributed by atoms with Crippen LogP contribution >= 0.6 is 0 Å². The van der Waals surface area contributed by atoms with E-state index in [4.69, 9.17) is 9.84 Å². The SMILES string of the molecule is CCCCC/C=C\C[C@H](O)[C@H]1C[C@@H](O)[C@@H](/C=C/[C@H](O)CCCC(=O)O)O1. The zero-order valence-corrected chi connectivity index (χ0v) is 15.7. The highest BCUT2D eigenvalue weighted by Crippen LogP contribution is 2.25. The van der Waals surface area contributed by atoms with Gasteiger partial charge in [0.05, 0.1) is 24.4 Å². The van der Waals surface area contributed by atoms with Crippen LogP contribution in [0.25, 0.3) is 0 Å². The number of hydrogen-bond donors (Lipinski definition) is 4. The number of ether oxygens (including phenoxy) is 1. The zero-order chi connectivity index (χ0) is 19.4. The molecule has 1 rings (SSSR count). The zero-order valence-electron chi connectivity index (χ0n) is 15.7. The third kappa shape index (κ3) is 9.48. The first-order valence-corrected chi connectivity index (χ1v) is 9.68. The van der Waals surface area contributed by atoms with Gasteiger partial charge in [-0.2, -0.15) is 0 Å². The molecule has 150 valence electrons. The first-order chi connectivity index (χ1) is 12.4. The van der Waals surface area contributed by atoms with Crippen molar-refractivity contribution in [3.63, 3.8) is 0 Å². The summed E-state index contributed by atoms with van der Waals surface area (Å²) in [6.45, 7) is 2.16. The van der Waals surface area contributed by atoms with Gasteiger partial charge in [0.15, 0.2) is 0 Å². The Balaban J connectivity index is 2.32. The van der Waals surface area contributed by atoms with Crippen molar-refractivity contribution in [2.45, 2.75) is 95.2 Å². The Kier molecular flexibility index (Phi) is 11.4. The highest BCUT2D eigenvalue weighted by Gasteiger charge is 2.35. The summed E-state index contributed by atoms with van der Waals surface area (Å²) in [5.41, 5.74) is 0. The molecule has 1 fully saturated rings. The van der Waals surface area contributed by atoms with E-state index in [-0.39, 0.29) is 6.42 Å². The molecule has 0 amide bonds. The summed E-state index contributed by atoms with van der Waals surface area (Å²) in [6, 6.07) is 0. The third-order valence-corrected chi connectivity index (χ3v) is 4.55. The molecule has 0 spiro atoms. The Bertz CT molecular complexity index is 448. The lowest BCUT2D eigenvalue weighted by Gasteiger charge is -2.16. The van der Waals surface area contributed by atoms with Crippen LogP contribution in [0, 0.1) is 0 Å². The number of aliphatic hydroxyl groups is 3. The number of carboxylic acids is 1. The number of aliphatic hydroxyl groups excluding tert-OH is 3. The second kappa shape index (κ2) is 13.0. The topological polar surface area (TPSA) is 107 Å². The summed E-state index contributed by atoms with van der Waals surface area (Å²) in [4.78, 5) is 10.5. The Labute approximate surface area is 156 Å². The van der Waals surface area contributed by atoms with E-state index in [2.05, 4.69) is 13.0 Å². The van der Waals surface area contributed by atoms with Gasteiger partial charge in [-0.3, -0.25) is 4.79 Å². The van der Waals surface area contributed by atoms with Crippen molar-refractivity contribution in [3.8, 4) is 0 Å². The molecule has 0 radical (unpaired) electrons. The molecule has 1 aliphatic heterocycles. The molecular weight excluding hydrogens is 336 g/mol. The Morgan fingerprint density at radius 2 is 2.00 bits per heavy atom. The molecule has 4 N–H and O–H groups in total. The molecule has 1 saturated heterocycles. The molecule has 0 aliphatic carbocycles. The summed E-state index contributed by atoms with van der Waals surface area (Å²) in [7, 11) is 0. The summed E-state index contributed by atoms with van der Waals surface area (Å²) >= 11 is 0. The Morgan fingerprint density at radius 1 is 1.23 bits per heavy atom. The van der Waals surface area contributed by atoms with Gasteiger partial charge in [0.1, 0.15) is 6.10 Å². The molecule has 0 aromatic rings. The van der Waals surface area contributed by atoms with Crippen LogP contribution in [-0.2, 0) is 9.53 Å². The smallest absolute Gasteiger partial charge is 0.303 e. The van der Waals surface area contributed by atoms with Crippen LogP contribution in [0.4, 0.5) is 0 Å². The summed E-state index contributed by atoms with van der Waals surface area (Å²) in [5, 5.41) is 38.7. The maximum absolute atomic E-state index is 10.5. The molecule has 5 atom stereocenters. The van der Waals surface area contributed by atoms with Crippen LogP contribution in [0.5, 0.6) is 0 Å². The predicted octanol–water partition coefficient (Wildman–Crippen LogP) is 2.56. The maximum Gasteiger partial charge on any atom is 0.303 e. The first kappa shape index (κ1) is 22.8. The second-order valence-corrected chi connectivity index (χ2v) is 6.95. The van der Waals surface area contributed by atoms with E-state index in [1.165, 1.54) is 18.9 Å². The largest absolute Gasteiger partial charge is 0.481 e. The van der Waals surface area contributed by atoms with E-state index in [0.29, 0.717) is 25.7 Å². The second-order valence-electron chi connectivity index (χ2n) is 6.95. The molecule has 26 heavy (non-hydrogen) atoms. The molecular formula is C20H34O6. The summed E-state index contributed by atoms with van der Waals surface area (Å²) in [6.07, 6.45) is 10.2. The van der Waals surface area contributed by atoms with Crippen LogP contribution in [0.3, 0.4) is 0 Å². The van der Waals surface area contributed by atoms with Gasteiger partial charge in [-0.1, -0.05) is 44.1 Å². The minimum absolute atomic E-state index is 0.0215. The first-order valence-electron chi connectivity index (χ1n) is 9.68.